The topological polar surface area (TPSA) is 35.8 Å². The first-order valence-corrected chi connectivity index (χ1v) is 5.53. The summed E-state index contributed by atoms with van der Waals surface area (Å²) < 4.78 is 37.1. The zero-order valence-corrected chi connectivity index (χ0v) is 10.3. The van der Waals surface area contributed by atoms with Crippen LogP contribution in [0.4, 0.5) is 13.2 Å². The molecular weight excluding hydrogens is 241 g/mol. The van der Waals surface area contributed by atoms with Crippen molar-refractivity contribution in [1.29, 1.82) is 5.26 Å². The molecule has 0 radical (unpaired) electrons. The SMILES string of the molecule is CC(C)(Cc1ccc(C(F)(F)F)cc1)NCC#N. The zero-order valence-electron chi connectivity index (χ0n) is 10.3. The summed E-state index contributed by atoms with van der Waals surface area (Å²) in [7, 11) is 0. The van der Waals surface area contributed by atoms with Crippen LogP contribution in [0.5, 0.6) is 0 Å². The molecule has 2 nitrogen and oxygen atoms in total. The highest BCUT2D eigenvalue weighted by atomic mass is 19.4. The van der Waals surface area contributed by atoms with Gasteiger partial charge in [-0.25, -0.2) is 0 Å². The predicted octanol–water partition coefficient (Wildman–Crippen LogP) is 3.14. The van der Waals surface area contributed by atoms with Crippen molar-refractivity contribution >= 4 is 0 Å². The van der Waals surface area contributed by atoms with Crippen LogP contribution in [-0.2, 0) is 12.6 Å². The van der Waals surface area contributed by atoms with Gasteiger partial charge in [-0.05, 0) is 38.0 Å². The molecule has 0 spiro atoms. The minimum Gasteiger partial charge on any atom is -0.299 e. The third-order valence-electron chi connectivity index (χ3n) is 2.57. The number of hydrogen-bond acceptors (Lipinski definition) is 2. The van der Waals surface area contributed by atoms with Gasteiger partial charge in [-0.3, -0.25) is 5.32 Å². The molecule has 0 amide bonds. The van der Waals surface area contributed by atoms with E-state index in [2.05, 4.69) is 5.32 Å². The maximum atomic E-state index is 12.4. The molecule has 0 saturated heterocycles. The highest BCUT2D eigenvalue weighted by Crippen LogP contribution is 2.29. The Morgan fingerprint density at radius 2 is 1.72 bits per heavy atom. The fourth-order valence-corrected chi connectivity index (χ4v) is 1.66. The second-order valence-corrected chi connectivity index (χ2v) is 4.77. The fraction of sp³-hybridized carbons (Fsp3) is 0.462. The Hall–Kier alpha value is -1.54. The van der Waals surface area contributed by atoms with Gasteiger partial charge in [-0.2, -0.15) is 18.4 Å². The molecule has 1 aromatic rings. The molecule has 0 saturated carbocycles. The number of nitriles is 1. The van der Waals surface area contributed by atoms with Gasteiger partial charge in [0.15, 0.2) is 0 Å². The Labute approximate surface area is 104 Å². The molecule has 18 heavy (non-hydrogen) atoms. The van der Waals surface area contributed by atoms with Gasteiger partial charge in [0, 0.05) is 5.54 Å². The van der Waals surface area contributed by atoms with Gasteiger partial charge in [0.2, 0.25) is 0 Å². The summed E-state index contributed by atoms with van der Waals surface area (Å²) in [5, 5.41) is 11.5. The van der Waals surface area contributed by atoms with Crippen LogP contribution in [0.1, 0.15) is 25.0 Å². The number of halogens is 3. The fourth-order valence-electron chi connectivity index (χ4n) is 1.66. The third kappa shape index (κ3) is 4.38. The first kappa shape index (κ1) is 14.5. The van der Waals surface area contributed by atoms with E-state index in [1.807, 2.05) is 19.9 Å². The normalized spacial score (nSPS) is 12.2. The van der Waals surface area contributed by atoms with Gasteiger partial charge < -0.3 is 0 Å². The van der Waals surface area contributed by atoms with Crippen LogP contribution in [0, 0.1) is 11.3 Å². The van der Waals surface area contributed by atoms with Crippen LogP contribution in [0.25, 0.3) is 0 Å². The largest absolute Gasteiger partial charge is 0.416 e. The second-order valence-electron chi connectivity index (χ2n) is 4.77. The van der Waals surface area contributed by atoms with E-state index in [1.54, 1.807) is 0 Å². The monoisotopic (exact) mass is 256 g/mol. The molecule has 98 valence electrons. The van der Waals surface area contributed by atoms with Crippen molar-refractivity contribution in [2.75, 3.05) is 6.54 Å². The van der Waals surface area contributed by atoms with Crippen molar-refractivity contribution in [2.24, 2.45) is 0 Å². The number of hydrogen-bond donors (Lipinski definition) is 1. The highest BCUT2D eigenvalue weighted by Gasteiger charge is 2.30. The van der Waals surface area contributed by atoms with Crippen molar-refractivity contribution in [3.05, 3.63) is 35.4 Å². The Bertz CT molecular complexity index is 427. The molecule has 0 aliphatic carbocycles. The molecule has 1 N–H and O–H groups in total. The zero-order chi connectivity index (χ0) is 13.8. The lowest BCUT2D eigenvalue weighted by molar-refractivity contribution is -0.137. The van der Waals surface area contributed by atoms with Crippen LogP contribution in [0.15, 0.2) is 24.3 Å². The van der Waals surface area contributed by atoms with E-state index in [1.165, 1.54) is 12.1 Å². The molecule has 0 aromatic heterocycles. The van der Waals surface area contributed by atoms with Gasteiger partial charge >= 0.3 is 6.18 Å². The third-order valence-corrected chi connectivity index (χ3v) is 2.57. The molecule has 0 fully saturated rings. The van der Waals surface area contributed by atoms with Crippen molar-refractivity contribution in [1.82, 2.24) is 5.32 Å². The minimum absolute atomic E-state index is 0.216. The maximum absolute atomic E-state index is 12.4. The number of nitrogens with one attached hydrogen (secondary N) is 1. The van der Waals surface area contributed by atoms with Crippen molar-refractivity contribution in [3.63, 3.8) is 0 Å². The van der Waals surface area contributed by atoms with Crippen LogP contribution in [0.3, 0.4) is 0 Å². The number of alkyl halides is 3. The van der Waals surface area contributed by atoms with Crippen LogP contribution in [-0.4, -0.2) is 12.1 Å². The van der Waals surface area contributed by atoms with Crippen LogP contribution < -0.4 is 5.32 Å². The summed E-state index contributed by atoms with van der Waals surface area (Å²) in [5.41, 5.74) is -0.164. The number of nitrogens with zero attached hydrogens (tertiary/aromatic N) is 1. The summed E-state index contributed by atoms with van der Waals surface area (Å²) in [5.74, 6) is 0. The lowest BCUT2D eigenvalue weighted by Gasteiger charge is -2.25. The van der Waals surface area contributed by atoms with E-state index in [4.69, 9.17) is 5.26 Å². The summed E-state index contributed by atoms with van der Waals surface area (Å²) in [4.78, 5) is 0. The average Bonchev–Trinajstić information content (AvgIpc) is 2.25. The van der Waals surface area contributed by atoms with Crippen molar-refractivity contribution in [2.45, 2.75) is 32.0 Å². The molecule has 0 bridgehead atoms. The molecule has 0 unspecified atom stereocenters. The standard InChI is InChI=1S/C13H15F3N2/c1-12(2,18-8-7-17)9-10-3-5-11(6-4-10)13(14,15)16/h3-6,18H,8-9H2,1-2H3. The van der Waals surface area contributed by atoms with E-state index in [-0.39, 0.29) is 12.1 Å². The highest BCUT2D eigenvalue weighted by molar-refractivity contribution is 5.25. The van der Waals surface area contributed by atoms with E-state index in [0.717, 1.165) is 17.7 Å². The quantitative estimate of drug-likeness (QED) is 0.840. The van der Waals surface area contributed by atoms with E-state index in [0.29, 0.717) is 6.42 Å². The van der Waals surface area contributed by atoms with Gasteiger partial charge in [-0.1, -0.05) is 12.1 Å². The predicted molar refractivity (Wildman–Crippen MR) is 62.8 cm³/mol. The number of benzene rings is 1. The summed E-state index contributed by atoms with van der Waals surface area (Å²) in [6, 6.07) is 7.08. The van der Waals surface area contributed by atoms with Crippen molar-refractivity contribution < 1.29 is 13.2 Å². The Morgan fingerprint density at radius 3 is 2.17 bits per heavy atom. The molecule has 1 aromatic carbocycles. The van der Waals surface area contributed by atoms with Crippen LogP contribution >= 0.6 is 0 Å². The van der Waals surface area contributed by atoms with E-state index >= 15 is 0 Å². The first-order valence-electron chi connectivity index (χ1n) is 5.53. The summed E-state index contributed by atoms with van der Waals surface area (Å²) in [6.45, 7) is 4.03. The van der Waals surface area contributed by atoms with E-state index in [9.17, 15) is 13.2 Å². The van der Waals surface area contributed by atoms with Crippen molar-refractivity contribution in [3.8, 4) is 6.07 Å². The maximum Gasteiger partial charge on any atom is 0.416 e. The molecular formula is C13H15F3N2. The van der Waals surface area contributed by atoms with Gasteiger partial charge in [0.25, 0.3) is 0 Å². The lowest BCUT2D eigenvalue weighted by Crippen LogP contribution is -2.41. The van der Waals surface area contributed by atoms with E-state index < -0.39 is 11.7 Å². The molecule has 0 atom stereocenters. The van der Waals surface area contributed by atoms with Gasteiger partial charge in [-0.15, -0.1) is 0 Å². The minimum atomic E-state index is -4.30. The van der Waals surface area contributed by atoms with Gasteiger partial charge in [0.05, 0.1) is 18.2 Å². The Balaban J connectivity index is 2.72. The smallest absolute Gasteiger partial charge is 0.299 e. The molecule has 1 rings (SSSR count). The van der Waals surface area contributed by atoms with Gasteiger partial charge in [0.1, 0.15) is 0 Å². The lowest BCUT2D eigenvalue weighted by atomic mass is 9.94. The number of rotatable bonds is 4. The molecule has 0 aliphatic rings. The second kappa shape index (κ2) is 5.40. The van der Waals surface area contributed by atoms with Crippen LogP contribution in [0.2, 0.25) is 0 Å². The average molecular weight is 256 g/mol. The molecule has 0 aliphatic heterocycles. The molecule has 0 heterocycles. The first-order chi connectivity index (χ1) is 8.24. The summed E-state index contributed by atoms with van der Waals surface area (Å²) >= 11 is 0. The molecule has 5 heteroatoms. The summed E-state index contributed by atoms with van der Waals surface area (Å²) in [6.07, 6.45) is -3.74. The Kier molecular flexibility index (Phi) is 4.36. The Morgan fingerprint density at radius 1 is 1.17 bits per heavy atom.